The lowest BCUT2D eigenvalue weighted by molar-refractivity contribution is 0.0726. The number of hydrogen-bond acceptors (Lipinski definition) is 6. The first kappa shape index (κ1) is 28.7. The largest absolute Gasteiger partial charge is 0.356 e. The minimum Gasteiger partial charge on any atom is -0.356 e. The molecule has 10 heteroatoms. The van der Waals surface area contributed by atoms with Crippen molar-refractivity contribution in [3.63, 3.8) is 0 Å². The minimum absolute atomic E-state index is 0. The molecule has 0 spiro atoms. The molecule has 2 aliphatic heterocycles. The Labute approximate surface area is 246 Å². The van der Waals surface area contributed by atoms with Crippen LogP contribution in [0, 0.1) is 11.8 Å². The molecule has 0 saturated carbocycles. The molecule has 0 unspecified atom stereocenters. The molecule has 0 radical (unpaired) electrons. The van der Waals surface area contributed by atoms with Crippen LogP contribution in [-0.4, -0.2) is 69.2 Å². The summed E-state index contributed by atoms with van der Waals surface area (Å²) in [5.74, 6) is 6.87. The normalized spacial score (nSPS) is 15.7. The number of piperidine rings is 1. The van der Waals surface area contributed by atoms with Crippen LogP contribution in [0.4, 0.5) is 5.82 Å². The van der Waals surface area contributed by atoms with Gasteiger partial charge in [0.15, 0.2) is 0 Å². The second kappa shape index (κ2) is 12.8. The highest BCUT2D eigenvalue weighted by atomic mass is 35.5. The summed E-state index contributed by atoms with van der Waals surface area (Å²) in [5, 5.41) is 5.53. The van der Waals surface area contributed by atoms with Crippen LogP contribution in [0.25, 0.3) is 21.8 Å². The summed E-state index contributed by atoms with van der Waals surface area (Å²) in [6, 6.07) is 10.0. The van der Waals surface area contributed by atoms with Gasteiger partial charge < -0.3 is 19.7 Å². The molecule has 0 bridgehead atoms. The van der Waals surface area contributed by atoms with E-state index in [1.165, 1.54) is 0 Å². The van der Waals surface area contributed by atoms with E-state index in [4.69, 9.17) is 4.98 Å². The number of halogens is 1. The average molecular weight is 574 g/mol. The lowest BCUT2D eigenvalue weighted by Gasteiger charge is -2.29. The molecule has 1 amide bonds. The summed E-state index contributed by atoms with van der Waals surface area (Å²) in [5.41, 5.74) is 2.04. The molecule has 4 aromatic rings. The monoisotopic (exact) mass is 573 g/mol. The van der Waals surface area contributed by atoms with Gasteiger partial charge in [0.1, 0.15) is 22.4 Å². The maximum atomic E-state index is 14.2. The fraction of sp³-hybridized carbons (Fsp3) is 0.419. The number of aromatic nitrogens is 4. The van der Waals surface area contributed by atoms with Gasteiger partial charge in [-0.3, -0.25) is 19.1 Å². The van der Waals surface area contributed by atoms with Crippen molar-refractivity contribution in [2.75, 3.05) is 44.2 Å². The Morgan fingerprint density at radius 1 is 1.00 bits per heavy atom. The maximum Gasteiger partial charge on any atom is 0.278 e. The molecule has 2 aliphatic rings. The fourth-order valence-corrected chi connectivity index (χ4v) is 5.98. The third-order valence-electron chi connectivity index (χ3n) is 7.99. The predicted molar refractivity (Wildman–Crippen MR) is 165 cm³/mol. The van der Waals surface area contributed by atoms with Gasteiger partial charge in [-0.25, -0.2) is 4.98 Å². The van der Waals surface area contributed by atoms with Gasteiger partial charge in [-0.15, -0.1) is 18.3 Å². The average Bonchev–Trinajstić information content (AvgIpc) is 3.11. The van der Waals surface area contributed by atoms with Crippen molar-refractivity contribution in [2.45, 2.75) is 45.7 Å². The maximum absolute atomic E-state index is 14.2. The summed E-state index contributed by atoms with van der Waals surface area (Å²) in [6.45, 7) is 7.10. The molecule has 1 N–H and O–H groups in total. The van der Waals surface area contributed by atoms with Crippen LogP contribution in [-0.2, 0) is 13.1 Å². The van der Waals surface area contributed by atoms with Crippen LogP contribution < -0.4 is 15.8 Å². The van der Waals surface area contributed by atoms with E-state index < -0.39 is 0 Å². The van der Waals surface area contributed by atoms with Gasteiger partial charge >= 0.3 is 0 Å². The van der Waals surface area contributed by atoms with Crippen molar-refractivity contribution < 1.29 is 4.79 Å². The summed E-state index contributed by atoms with van der Waals surface area (Å²) in [6.07, 6.45) is 7.41. The smallest absolute Gasteiger partial charge is 0.278 e. The number of anilines is 1. The van der Waals surface area contributed by atoms with Crippen molar-refractivity contribution >= 4 is 45.9 Å². The van der Waals surface area contributed by atoms with Gasteiger partial charge in [0.25, 0.3) is 11.5 Å². The number of hydrogen-bond donors (Lipinski definition) is 1. The van der Waals surface area contributed by atoms with E-state index in [9.17, 15) is 9.59 Å². The van der Waals surface area contributed by atoms with Crippen molar-refractivity contribution in [1.29, 1.82) is 0 Å². The Bertz CT molecular complexity index is 1660. The van der Waals surface area contributed by atoms with Gasteiger partial charge in [0.05, 0.1) is 25.1 Å². The molecular formula is C31H36ClN7O2. The minimum atomic E-state index is -0.190. The number of pyridine rings is 1. The molecule has 0 atom stereocenters. The van der Waals surface area contributed by atoms with E-state index in [2.05, 4.69) is 27.0 Å². The molecule has 3 aromatic heterocycles. The van der Waals surface area contributed by atoms with Crippen LogP contribution in [0.5, 0.6) is 0 Å². The highest BCUT2D eigenvalue weighted by Crippen LogP contribution is 2.33. The lowest BCUT2D eigenvalue weighted by Crippen LogP contribution is -2.37. The number of nitrogens with zero attached hydrogens (tertiary/aromatic N) is 6. The van der Waals surface area contributed by atoms with Crippen molar-refractivity contribution in [2.24, 2.45) is 0 Å². The van der Waals surface area contributed by atoms with Crippen molar-refractivity contribution in [3.05, 3.63) is 64.5 Å². The summed E-state index contributed by atoms with van der Waals surface area (Å²) < 4.78 is 3.55. The second-order valence-electron chi connectivity index (χ2n) is 10.5. The van der Waals surface area contributed by atoms with E-state index in [0.29, 0.717) is 23.1 Å². The number of fused-ring (bicyclic) bond motifs is 2. The van der Waals surface area contributed by atoms with E-state index in [1.807, 2.05) is 39.8 Å². The molecule has 214 valence electrons. The van der Waals surface area contributed by atoms with Crippen LogP contribution in [0.3, 0.4) is 0 Å². The second-order valence-corrected chi connectivity index (χ2v) is 10.5. The first-order chi connectivity index (χ1) is 19.7. The molecule has 2 fully saturated rings. The number of amides is 1. The Kier molecular flexibility index (Phi) is 8.91. The zero-order valence-corrected chi connectivity index (χ0v) is 24.3. The Morgan fingerprint density at radius 2 is 1.83 bits per heavy atom. The summed E-state index contributed by atoms with van der Waals surface area (Å²) in [4.78, 5) is 42.0. The van der Waals surface area contributed by atoms with Crippen LogP contribution in [0.15, 0.2) is 47.7 Å². The van der Waals surface area contributed by atoms with E-state index >= 15 is 0 Å². The number of carbonyl (C=O) groups excluding carboxylic acids is 1. The number of benzene rings is 1. The lowest BCUT2D eigenvalue weighted by atomic mass is 10.1. The van der Waals surface area contributed by atoms with Gasteiger partial charge in [-0.1, -0.05) is 30.2 Å². The SMILES string of the molecule is CC#CCn1c(N2CCCNCC2)c(C(=O)N2CCCCC2)c2ncn(Cc3nccc4ccccc34)c(=O)c21.Cl. The van der Waals surface area contributed by atoms with Crippen LogP contribution in [0.1, 0.15) is 48.7 Å². The van der Waals surface area contributed by atoms with Crippen molar-refractivity contribution in [3.8, 4) is 11.8 Å². The van der Waals surface area contributed by atoms with Gasteiger partial charge in [0.2, 0.25) is 0 Å². The molecule has 1 aromatic carbocycles. The standard InChI is InChI=1S/C31H35N7O2.ClH/c1-2-3-19-38-28-27(34-22-37(31(28)40)21-25-24-11-6-5-10-23(24)12-14-33-25)26(30(39)36-16-7-4-8-17-36)29(38)35-18-9-13-32-15-20-35;/h5-6,10-12,14,22,32H,4,7-9,13,15-21H2,1H3;1H. The number of carbonyl (C=O) groups is 1. The van der Waals surface area contributed by atoms with E-state index in [1.54, 1.807) is 24.0 Å². The van der Waals surface area contributed by atoms with Gasteiger partial charge in [0, 0.05) is 44.3 Å². The van der Waals surface area contributed by atoms with E-state index in [0.717, 1.165) is 87.2 Å². The van der Waals surface area contributed by atoms with E-state index in [-0.39, 0.29) is 30.4 Å². The third kappa shape index (κ3) is 5.54. The predicted octanol–water partition coefficient (Wildman–Crippen LogP) is 3.67. The highest BCUT2D eigenvalue weighted by Gasteiger charge is 2.32. The van der Waals surface area contributed by atoms with Gasteiger partial charge in [-0.05, 0) is 50.6 Å². The molecule has 41 heavy (non-hydrogen) atoms. The molecule has 5 heterocycles. The summed E-state index contributed by atoms with van der Waals surface area (Å²) in [7, 11) is 0. The molecule has 6 rings (SSSR count). The van der Waals surface area contributed by atoms with Crippen molar-refractivity contribution in [1.82, 2.24) is 29.3 Å². The topological polar surface area (TPSA) is 88.3 Å². The number of nitrogens with one attached hydrogen (secondary N) is 1. The van der Waals surface area contributed by atoms with Gasteiger partial charge in [-0.2, -0.15) is 0 Å². The summed E-state index contributed by atoms with van der Waals surface area (Å²) >= 11 is 0. The Balaban J connectivity index is 0.00000337. The molecule has 2 saturated heterocycles. The number of rotatable bonds is 5. The highest BCUT2D eigenvalue weighted by molar-refractivity contribution is 6.10. The first-order valence-electron chi connectivity index (χ1n) is 14.3. The third-order valence-corrected chi connectivity index (χ3v) is 7.99. The molecular weight excluding hydrogens is 538 g/mol. The molecule has 9 nitrogen and oxygen atoms in total. The molecule has 0 aliphatic carbocycles. The number of likely N-dealkylation sites (tertiary alicyclic amines) is 1. The van der Waals surface area contributed by atoms with Crippen LogP contribution in [0.2, 0.25) is 0 Å². The van der Waals surface area contributed by atoms with Crippen LogP contribution >= 0.6 is 12.4 Å². The quantitative estimate of drug-likeness (QED) is 0.367. The first-order valence-corrected chi connectivity index (χ1v) is 14.3. The zero-order valence-electron chi connectivity index (χ0n) is 23.4. The Hall–Kier alpha value is -3.87. The fourth-order valence-electron chi connectivity index (χ4n) is 5.98. The Morgan fingerprint density at radius 3 is 2.66 bits per heavy atom. The zero-order chi connectivity index (χ0) is 27.5.